The van der Waals surface area contributed by atoms with Crippen LogP contribution in [0.3, 0.4) is 0 Å². The van der Waals surface area contributed by atoms with Gasteiger partial charge in [0.05, 0.1) is 12.9 Å². The molecule has 0 aliphatic heterocycles. The summed E-state index contributed by atoms with van der Waals surface area (Å²) in [6.07, 6.45) is 1.76. The molecule has 0 spiro atoms. The summed E-state index contributed by atoms with van der Waals surface area (Å²) in [6, 6.07) is 10.3. The lowest BCUT2D eigenvalue weighted by atomic mass is 10.1. The van der Waals surface area contributed by atoms with Crippen molar-refractivity contribution in [3.8, 4) is 5.88 Å². The second-order valence-electron chi connectivity index (χ2n) is 5.36. The van der Waals surface area contributed by atoms with Gasteiger partial charge >= 0.3 is 0 Å². The summed E-state index contributed by atoms with van der Waals surface area (Å²) in [5, 5.41) is 3.11. The molecule has 0 fully saturated rings. The molecule has 0 bridgehead atoms. The maximum atomic E-state index is 12.4. The maximum absolute atomic E-state index is 12.4. The fraction of sp³-hybridized carbons (Fsp3) is 0.167. The van der Waals surface area contributed by atoms with Crippen LogP contribution in [0.2, 0.25) is 5.02 Å². The van der Waals surface area contributed by atoms with Gasteiger partial charge in [-0.15, -0.1) is 0 Å². The topological polar surface area (TPSA) is 97.2 Å². The average Bonchev–Trinajstić information content (AvgIpc) is 3.15. The molecule has 2 N–H and O–H groups in total. The number of rotatable bonds is 6. The Morgan fingerprint density at radius 3 is 2.73 bits per heavy atom. The fourth-order valence-corrected chi connectivity index (χ4v) is 2.44. The first-order valence-corrected chi connectivity index (χ1v) is 8.30. The van der Waals surface area contributed by atoms with Crippen LogP contribution in [0.25, 0.3) is 0 Å². The monoisotopic (exact) mass is 373 g/mol. The smallest absolute Gasteiger partial charge is 0.291 e. The number of carbonyl (C=O) groups is 1. The molecular formula is C18H16ClN3O4. The summed E-state index contributed by atoms with van der Waals surface area (Å²) in [5.74, 6) is -0.0114. The van der Waals surface area contributed by atoms with Gasteiger partial charge in [0, 0.05) is 11.4 Å². The van der Waals surface area contributed by atoms with E-state index in [1.54, 1.807) is 25.1 Å². The zero-order valence-corrected chi connectivity index (χ0v) is 14.7. The highest BCUT2D eigenvalue weighted by atomic mass is 35.5. The van der Waals surface area contributed by atoms with Gasteiger partial charge in [-0.3, -0.25) is 9.59 Å². The minimum absolute atomic E-state index is 0.0557. The minimum atomic E-state index is -0.561. The molecular weight excluding hydrogens is 358 g/mol. The molecule has 26 heavy (non-hydrogen) atoms. The standard InChI is InChI=1S/C18H16ClN3O4/c1-2-25-18-15(22-16(23)13-4-3-9-26-13)17(24)20-14(21-18)10-11-5-7-12(19)8-6-11/h3-9H,2,10H2,1H3,(H,22,23)(H,20,21,24). The van der Waals surface area contributed by atoms with E-state index in [-0.39, 0.29) is 17.3 Å². The summed E-state index contributed by atoms with van der Waals surface area (Å²) in [6.45, 7) is 2.06. The highest BCUT2D eigenvalue weighted by Crippen LogP contribution is 2.19. The van der Waals surface area contributed by atoms with Crippen LogP contribution >= 0.6 is 11.6 Å². The number of anilines is 1. The van der Waals surface area contributed by atoms with E-state index in [0.29, 0.717) is 23.9 Å². The summed E-state index contributed by atoms with van der Waals surface area (Å²) >= 11 is 5.88. The van der Waals surface area contributed by atoms with Gasteiger partial charge in [0.2, 0.25) is 5.88 Å². The van der Waals surface area contributed by atoms with E-state index < -0.39 is 11.5 Å². The molecule has 8 heteroatoms. The molecule has 2 heterocycles. The molecule has 2 aromatic heterocycles. The van der Waals surface area contributed by atoms with Crippen molar-refractivity contribution >= 4 is 23.2 Å². The summed E-state index contributed by atoms with van der Waals surface area (Å²) in [4.78, 5) is 31.6. The Labute approximate surface area is 154 Å². The molecule has 134 valence electrons. The zero-order valence-electron chi connectivity index (χ0n) is 13.9. The Balaban J connectivity index is 1.89. The Bertz CT molecular complexity index is 950. The van der Waals surface area contributed by atoms with Crippen molar-refractivity contribution in [2.45, 2.75) is 13.3 Å². The number of aromatic nitrogens is 2. The second-order valence-corrected chi connectivity index (χ2v) is 5.80. The molecule has 0 atom stereocenters. The highest BCUT2D eigenvalue weighted by Gasteiger charge is 2.18. The quantitative estimate of drug-likeness (QED) is 0.691. The highest BCUT2D eigenvalue weighted by molar-refractivity contribution is 6.30. The predicted molar refractivity (Wildman–Crippen MR) is 96.9 cm³/mol. The van der Waals surface area contributed by atoms with Crippen LogP contribution in [0, 0.1) is 0 Å². The zero-order chi connectivity index (χ0) is 18.5. The number of hydrogen-bond acceptors (Lipinski definition) is 5. The van der Waals surface area contributed by atoms with Crippen LogP contribution in [0.4, 0.5) is 5.69 Å². The molecule has 3 aromatic rings. The molecule has 0 unspecified atom stereocenters. The van der Waals surface area contributed by atoms with Gasteiger partial charge in [-0.05, 0) is 36.8 Å². The number of carbonyl (C=O) groups excluding carboxylic acids is 1. The number of amides is 1. The fourth-order valence-electron chi connectivity index (χ4n) is 2.31. The van der Waals surface area contributed by atoms with Crippen LogP contribution in [0.5, 0.6) is 5.88 Å². The van der Waals surface area contributed by atoms with Gasteiger partial charge < -0.3 is 19.5 Å². The first-order valence-electron chi connectivity index (χ1n) is 7.92. The summed E-state index contributed by atoms with van der Waals surface area (Å²) in [5.41, 5.74) is 0.354. The number of aromatic amines is 1. The van der Waals surface area contributed by atoms with Crippen molar-refractivity contribution in [3.05, 3.63) is 75.2 Å². The lowest BCUT2D eigenvalue weighted by Crippen LogP contribution is -2.23. The van der Waals surface area contributed by atoms with Crippen molar-refractivity contribution in [1.29, 1.82) is 0 Å². The third-order valence-electron chi connectivity index (χ3n) is 3.48. The first kappa shape index (κ1) is 17.8. The van der Waals surface area contributed by atoms with E-state index in [9.17, 15) is 9.59 Å². The van der Waals surface area contributed by atoms with Gasteiger partial charge in [-0.25, -0.2) is 0 Å². The van der Waals surface area contributed by atoms with Crippen molar-refractivity contribution in [2.75, 3.05) is 11.9 Å². The third kappa shape index (κ3) is 4.12. The molecule has 1 amide bonds. The Hall–Kier alpha value is -3.06. The summed E-state index contributed by atoms with van der Waals surface area (Å²) < 4.78 is 10.5. The Morgan fingerprint density at radius 2 is 2.08 bits per heavy atom. The number of benzene rings is 1. The number of hydrogen-bond donors (Lipinski definition) is 2. The number of nitrogens with zero attached hydrogens (tertiary/aromatic N) is 1. The normalized spacial score (nSPS) is 10.5. The lowest BCUT2D eigenvalue weighted by Gasteiger charge is -2.11. The first-order chi connectivity index (χ1) is 12.6. The molecule has 0 aliphatic carbocycles. The molecule has 7 nitrogen and oxygen atoms in total. The lowest BCUT2D eigenvalue weighted by molar-refractivity contribution is 0.0996. The second kappa shape index (κ2) is 7.88. The van der Waals surface area contributed by atoms with Crippen LogP contribution in [0.15, 0.2) is 51.9 Å². The molecule has 0 aliphatic rings. The Morgan fingerprint density at radius 1 is 1.31 bits per heavy atom. The van der Waals surface area contributed by atoms with Crippen LogP contribution < -0.4 is 15.6 Å². The third-order valence-corrected chi connectivity index (χ3v) is 3.74. The predicted octanol–water partition coefficient (Wildman–Crippen LogP) is 3.26. The number of H-pyrrole nitrogens is 1. The van der Waals surface area contributed by atoms with E-state index >= 15 is 0 Å². The molecule has 0 saturated heterocycles. The molecule has 1 aromatic carbocycles. The molecule has 3 rings (SSSR count). The van der Waals surface area contributed by atoms with Crippen molar-refractivity contribution < 1.29 is 13.9 Å². The van der Waals surface area contributed by atoms with Gasteiger partial charge in [-0.1, -0.05) is 23.7 Å². The average molecular weight is 374 g/mol. The summed E-state index contributed by atoms with van der Waals surface area (Å²) in [7, 11) is 0. The largest absolute Gasteiger partial charge is 0.476 e. The maximum Gasteiger partial charge on any atom is 0.291 e. The van der Waals surface area contributed by atoms with Crippen LogP contribution in [0.1, 0.15) is 28.9 Å². The van der Waals surface area contributed by atoms with E-state index in [0.717, 1.165) is 5.56 Å². The van der Waals surface area contributed by atoms with Crippen molar-refractivity contribution in [3.63, 3.8) is 0 Å². The van der Waals surface area contributed by atoms with Crippen LogP contribution in [-0.4, -0.2) is 22.5 Å². The van der Waals surface area contributed by atoms with E-state index in [2.05, 4.69) is 15.3 Å². The van der Waals surface area contributed by atoms with E-state index in [1.165, 1.54) is 12.3 Å². The van der Waals surface area contributed by atoms with Gasteiger partial charge in [0.25, 0.3) is 11.5 Å². The van der Waals surface area contributed by atoms with E-state index in [1.807, 2.05) is 12.1 Å². The van der Waals surface area contributed by atoms with E-state index in [4.69, 9.17) is 20.8 Å². The van der Waals surface area contributed by atoms with Gasteiger partial charge in [0.15, 0.2) is 11.4 Å². The van der Waals surface area contributed by atoms with Gasteiger partial charge in [0.1, 0.15) is 5.82 Å². The molecule has 0 radical (unpaired) electrons. The minimum Gasteiger partial charge on any atom is -0.476 e. The van der Waals surface area contributed by atoms with Crippen molar-refractivity contribution in [1.82, 2.24) is 9.97 Å². The SMILES string of the molecule is CCOc1nc(Cc2ccc(Cl)cc2)[nH]c(=O)c1NC(=O)c1ccco1. The number of ether oxygens (including phenoxy) is 1. The van der Waals surface area contributed by atoms with Gasteiger partial charge in [-0.2, -0.15) is 4.98 Å². The molecule has 0 saturated carbocycles. The van der Waals surface area contributed by atoms with Crippen LogP contribution in [-0.2, 0) is 6.42 Å². The number of halogens is 1. The Kier molecular flexibility index (Phi) is 5.38. The van der Waals surface area contributed by atoms with Crippen molar-refractivity contribution in [2.24, 2.45) is 0 Å². The number of nitrogens with one attached hydrogen (secondary N) is 2. The number of furan rings is 1.